The minimum atomic E-state index is -0.221. The maximum atomic E-state index is 12.2. The Hall–Kier alpha value is -3.16. The Morgan fingerprint density at radius 2 is 2.15 bits per heavy atom. The van der Waals surface area contributed by atoms with Crippen molar-refractivity contribution in [2.45, 2.75) is 26.3 Å². The highest BCUT2D eigenvalue weighted by molar-refractivity contribution is 5.91. The standard InChI is InChI=1S/C18H23N7O/c1-13(25-10-9-19-11-25)7-8-20-18(26)22-16-6-4-5-15(14(16)2)17-23-21-12-24(17)3/h4-6,9-13H,7-8H2,1-3H3,(H2,20,22,26). The van der Waals surface area contributed by atoms with Gasteiger partial charge in [0.15, 0.2) is 5.82 Å². The van der Waals surface area contributed by atoms with Gasteiger partial charge in [-0.3, -0.25) is 0 Å². The summed E-state index contributed by atoms with van der Waals surface area (Å²) in [7, 11) is 1.89. The minimum absolute atomic E-state index is 0.221. The summed E-state index contributed by atoms with van der Waals surface area (Å²) in [5.74, 6) is 0.765. The predicted octanol–water partition coefficient (Wildman–Crippen LogP) is 2.76. The summed E-state index contributed by atoms with van der Waals surface area (Å²) in [6, 6.07) is 5.80. The number of hydrogen-bond acceptors (Lipinski definition) is 4. The molecule has 0 aliphatic rings. The second-order valence-electron chi connectivity index (χ2n) is 6.27. The van der Waals surface area contributed by atoms with Crippen LogP contribution in [-0.2, 0) is 7.05 Å². The summed E-state index contributed by atoms with van der Waals surface area (Å²) in [6.45, 7) is 4.63. The maximum absolute atomic E-state index is 12.2. The van der Waals surface area contributed by atoms with E-state index in [0.717, 1.165) is 29.1 Å². The summed E-state index contributed by atoms with van der Waals surface area (Å²) >= 11 is 0. The van der Waals surface area contributed by atoms with Gasteiger partial charge in [-0.1, -0.05) is 12.1 Å². The molecule has 8 heteroatoms. The zero-order valence-electron chi connectivity index (χ0n) is 15.2. The lowest BCUT2D eigenvalue weighted by Crippen LogP contribution is -2.30. The molecule has 0 radical (unpaired) electrons. The molecule has 0 saturated heterocycles. The molecular weight excluding hydrogens is 330 g/mol. The fourth-order valence-electron chi connectivity index (χ4n) is 2.78. The third kappa shape index (κ3) is 3.90. The molecule has 0 aliphatic heterocycles. The van der Waals surface area contributed by atoms with Crippen LogP contribution >= 0.6 is 0 Å². The van der Waals surface area contributed by atoms with Crippen LogP contribution in [0.1, 0.15) is 24.9 Å². The highest BCUT2D eigenvalue weighted by Gasteiger charge is 2.12. The Balaban J connectivity index is 1.59. The zero-order valence-corrected chi connectivity index (χ0v) is 15.2. The van der Waals surface area contributed by atoms with Crippen molar-refractivity contribution in [3.8, 4) is 11.4 Å². The van der Waals surface area contributed by atoms with Crippen molar-refractivity contribution in [3.63, 3.8) is 0 Å². The second-order valence-corrected chi connectivity index (χ2v) is 6.27. The van der Waals surface area contributed by atoms with Crippen LogP contribution in [0.4, 0.5) is 10.5 Å². The number of carbonyl (C=O) groups excluding carboxylic acids is 1. The molecule has 0 fully saturated rings. The molecule has 2 aromatic heterocycles. The molecule has 2 amide bonds. The van der Waals surface area contributed by atoms with Gasteiger partial charge >= 0.3 is 6.03 Å². The molecule has 26 heavy (non-hydrogen) atoms. The van der Waals surface area contributed by atoms with Gasteiger partial charge in [-0.05, 0) is 31.9 Å². The van der Waals surface area contributed by atoms with Crippen LogP contribution < -0.4 is 10.6 Å². The number of aromatic nitrogens is 5. The Labute approximate surface area is 152 Å². The summed E-state index contributed by atoms with van der Waals surface area (Å²) in [5, 5.41) is 13.9. The highest BCUT2D eigenvalue weighted by atomic mass is 16.2. The van der Waals surface area contributed by atoms with Gasteiger partial charge in [0.25, 0.3) is 0 Å². The van der Waals surface area contributed by atoms with E-state index in [-0.39, 0.29) is 12.1 Å². The van der Waals surface area contributed by atoms with E-state index >= 15 is 0 Å². The average Bonchev–Trinajstić information content (AvgIpc) is 3.28. The van der Waals surface area contributed by atoms with Gasteiger partial charge in [-0.2, -0.15) is 0 Å². The van der Waals surface area contributed by atoms with Crippen LogP contribution in [0.25, 0.3) is 11.4 Å². The van der Waals surface area contributed by atoms with Gasteiger partial charge in [-0.15, -0.1) is 10.2 Å². The summed E-state index contributed by atoms with van der Waals surface area (Å²) in [4.78, 5) is 16.3. The summed E-state index contributed by atoms with van der Waals surface area (Å²) in [6.07, 6.45) is 7.94. The molecular formula is C18H23N7O. The van der Waals surface area contributed by atoms with E-state index < -0.39 is 0 Å². The molecule has 136 valence electrons. The predicted molar refractivity (Wildman–Crippen MR) is 99.8 cm³/mol. The smallest absolute Gasteiger partial charge is 0.319 e. The Morgan fingerprint density at radius 1 is 1.31 bits per heavy atom. The maximum Gasteiger partial charge on any atom is 0.319 e. The number of rotatable bonds is 6. The number of hydrogen-bond donors (Lipinski definition) is 2. The molecule has 2 heterocycles. The molecule has 0 aliphatic carbocycles. The van der Waals surface area contributed by atoms with Crippen molar-refractivity contribution in [2.75, 3.05) is 11.9 Å². The van der Waals surface area contributed by atoms with Crippen LogP contribution in [0.2, 0.25) is 0 Å². The number of aryl methyl sites for hydroxylation is 1. The molecule has 8 nitrogen and oxygen atoms in total. The van der Waals surface area contributed by atoms with Crippen LogP contribution in [0.15, 0.2) is 43.2 Å². The third-order valence-corrected chi connectivity index (χ3v) is 4.42. The molecule has 1 unspecified atom stereocenters. The molecule has 3 aromatic rings. The lowest BCUT2D eigenvalue weighted by atomic mass is 10.1. The van der Waals surface area contributed by atoms with E-state index in [1.165, 1.54) is 0 Å². The van der Waals surface area contributed by atoms with Crippen molar-refractivity contribution >= 4 is 11.7 Å². The van der Waals surface area contributed by atoms with Crippen molar-refractivity contribution in [2.24, 2.45) is 7.05 Å². The van der Waals surface area contributed by atoms with Gasteiger partial charge in [0, 0.05) is 43.3 Å². The Morgan fingerprint density at radius 3 is 2.85 bits per heavy atom. The Bertz CT molecular complexity index is 870. The summed E-state index contributed by atoms with van der Waals surface area (Å²) < 4.78 is 3.87. The fraction of sp³-hybridized carbons (Fsp3) is 0.333. The number of amides is 2. The van der Waals surface area contributed by atoms with Gasteiger partial charge in [0.05, 0.1) is 6.33 Å². The highest BCUT2D eigenvalue weighted by Crippen LogP contribution is 2.26. The first-order valence-electron chi connectivity index (χ1n) is 8.52. The summed E-state index contributed by atoms with van der Waals surface area (Å²) in [5.41, 5.74) is 2.65. The second kappa shape index (κ2) is 7.81. The van der Waals surface area contributed by atoms with Crippen LogP contribution in [0.5, 0.6) is 0 Å². The Kier molecular flexibility index (Phi) is 5.31. The lowest BCUT2D eigenvalue weighted by Gasteiger charge is -2.15. The van der Waals surface area contributed by atoms with Crippen LogP contribution in [0.3, 0.4) is 0 Å². The normalized spacial score (nSPS) is 12.0. The zero-order chi connectivity index (χ0) is 18.5. The van der Waals surface area contributed by atoms with Crippen LogP contribution in [-0.4, -0.2) is 36.9 Å². The quantitative estimate of drug-likeness (QED) is 0.713. The SMILES string of the molecule is Cc1c(NC(=O)NCCC(C)n2ccnc2)cccc1-c1nncn1C. The number of carbonyl (C=O) groups is 1. The molecule has 0 bridgehead atoms. The van der Waals surface area contributed by atoms with Crippen molar-refractivity contribution in [1.29, 1.82) is 0 Å². The monoisotopic (exact) mass is 353 g/mol. The number of benzene rings is 1. The van der Waals surface area contributed by atoms with Crippen molar-refractivity contribution in [1.82, 2.24) is 29.6 Å². The average molecular weight is 353 g/mol. The number of imidazole rings is 1. The van der Waals surface area contributed by atoms with E-state index in [4.69, 9.17) is 0 Å². The molecule has 0 spiro atoms. The molecule has 1 aromatic carbocycles. The number of urea groups is 1. The number of nitrogens with zero attached hydrogens (tertiary/aromatic N) is 5. The van der Waals surface area contributed by atoms with Gasteiger partial charge in [0.1, 0.15) is 6.33 Å². The van der Waals surface area contributed by atoms with Crippen molar-refractivity contribution in [3.05, 3.63) is 48.8 Å². The van der Waals surface area contributed by atoms with Gasteiger partial charge in [-0.25, -0.2) is 9.78 Å². The van der Waals surface area contributed by atoms with E-state index in [1.54, 1.807) is 18.9 Å². The molecule has 2 N–H and O–H groups in total. The van der Waals surface area contributed by atoms with Gasteiger partial charge in [0.2, 0.25) is 0 Å². The van der Waals surface area contributed by atoms with E-state index in [0.29, 0.717) is 6.54 Å². The first kappa shape index (κ1) is 17.7. The molecule has 0 saturated carbocycles. The number of anilines is 1. The van der Waals surface area contributed by atoms with Crippen LogP contribution in [0, 0.1) is 6.92 Å². The first-order chi connectivity index (χ1) is 12.6. The van der Waals surface area contributed by atoms with Gasteiger partial charge < -0.3 is 19.8 Å². The lowest BCUT2D eigenvalue weighted by molar-refractivity contribution is 0.251. The van der Waals surface area contributed by atoms with E-state index in [9.17, 15) is 4.79 Å². The van der Waals surface area contributed by atoms with Crippen molar-refractivity contribution < 1.29 is 4.79 Å². The molecule has 3 rings (SSSR count). The fourth-order valence-corrected chi connectivity index (χ4v) is 2.78. The van der Waals surface area contributed by atoms with E-state index in [2.05, 4.69) is 32.7 Å². The number of nitrogens with one attached hydrogen (secondary N) is 2. The minimum Gasteiger partial charge on any atom is -0.338 e. The third-order valence-electron chi connectivity index (χ3n) is 4.42. The topological polar surface area (TPSA) is 89.7 Å². The van der Waals surface area contributed by atoms with E-state index in [1.807, 2.05) is 47.5 Å². The largest absolute Gasteiger partial charge is 0.338 e. The molecule has 1 atom stereocenters. The first-order valence-corrected chi connectivity index (χ1v) is 8.52.